The van der Waals surface area contributed by atoms with E-state index in [1.807, 2.05) is 50.2 Å². The Hall–Kier alpha value is -2.68. The van der Waals surface area contributed by atoms with Crippen molar-refractivity contribution in [3.63, 3.8) is 0 Å². The van der Waals surface area contributed by atoms with Crippen LogP contribution in [0.4, 0.5) is 11.4 Å². The Bertz CT molecular complexity index is 1300. The number of pyridine rings is 1. The van der Waals surface area contributed by atoms with Gasteiger partial charge in [-0.2, -0.15) is 0 Å². The number of ether oxygens (including phenoxy) is 1. The van der Waals surface area contributed by atoms with E-state index >= 15 is 0 Å². The number of carbonyl (C=O) groups excluding carboxylic acids is 1. The number of carbonyl (C=O) groups is 1. The van der Waals surface area contributed by atoms with Crippen molar-refractivity contribution in [2.75, 3.05) is 17.3 Å². The SMILES string of the molecule is COCc1c(Br)c(C)nc2sc3c(c12)N[C@H](c1ccco1)N(c1ccccc1C)C3=O. The van der Waals surface area contributed by atoms with Crippen LogP contribution in [0.2, 0.25) is 0 Å². The lowest BCUT2D eigenvalue weighted by Gasteiger charge is -2.36. The average molecular weight is 498 g/mol. The number of aromatic nitrogens is 1. The second-order valence-electron chi connectivity index (χ2n) is 7.43. The van der Waals surface area contributed by atoms with Crippen molar-refractivity contribution in [2.24, 2.45) is 0 Å². The van der Waals surface area contributed by atoms with Gasteiger partial charge in [0.1, 0.15) is 15.5 Å². The van der Waals surface area contributed by atoms with E-state index in [1.54, 1.807) is 18.3 Å². The van der Waals surface area contributed by atoms with Crippen LogP contribution in [0.15, 0.2) is 51.6 Å². The van der Waals surface area contributed by atoms with E-state index in [1.165, 1.54) is 11.3 Å². The van der Waals surface area contributed by atoms with Crippen LogP contribution in [0, 0.1) is 13.8 Å². The molecular formula is C23H20BrN3O3S. The van der Waals surface area contributed by atoms with Crippen molar-refractivity contribution in [2.45, 2.75) is 26.6 Å². The summed E-state index contributed by atoms with van der Waals surface area (Å²) in [6.07, 6.45) is 1.14. The zero-order valence-corrected chi connectivity index (χ0v) is 19.6. The molecule has 158 valence electrons. The fourth-order valence-corrected chi connectivity index (χ4v) is 5.58. The first-order chi connectivity index (χ1) is 15.0. The summed E-state index contributed by atoms with van der Waals surface area (Å²) in [6.45, 7) is 4.36. The molecule has 1 aliphatic heterocycles. The molecular weight excluding hydrogens is 478 g/mol. The third-order valence-corrected chi connectivity index (χ3v) is 7.60. The summed E-state index contributed by atoms with van der Waals surface area (Å²) in [5.41, 5.74) is 4.47. The molecule has 1 N–H and O–H groups in total. The van der Waals surface area contributed by atoms with Crippen LogP contribution in [0.5, 0.6) is 0 Å². The Kier molecular flexibility index (Phi) is 5.08. The fraction of sp³-hybridized carbons (Fsp3) is 0.217. The van der Waals surface area contributed by atoms with Gasteiger partial charge in [0.25, 0.3) is 5.91 Å². The molecule has 4 heterocycles. The lowest BCUT2D eigenvalue weighted by molar-refractivity contribution is 0.0976. The summed E-state index contributed by atoms with van der Waals surface area (Å²) < 4.78 is 12.1. The normalized spacial score (nSPS) is 15.9. The van der Waals surface area contributed by atoms with Crippen LogP contribution in [0.25, 0.3) is 10.2 Å². The molecule has 6 nitrogen and oxygen atoms in total. The Morgan fingerprint density at radius 2 is 2.06 bits per heavy atom. The second-order valence-corrected chi connectivity index (χ2v) is 9.23. The van der Waals surface area contributed by atoms with E-state index in [-0.39, 0.29) is 5.91 Å². The zero-order valence-electron chi connectivity index (χ0n) is 17.2. The molecule has 1 amide bonds. The zero-order chi connectivity index (χ0) is 21.7. The van der Waals surface area contributed by atoms with Crippen LogP contribution in [-0.4, -0.2) is 18.0 Å². The standard InChI is InChI=1S/C23H20BrN3O3S/c1-12-7-4-5-8-15(12)27-21(16-9-6-10-30-16)26-19-17-14(11-29-3)18(24)13(2)25-22(17)31-20(19)23(27)28/h4-10,21,26H,11H2,1-3H3/t21-/m0/s1. The van der Waals surface area contributed by atoms with Gasteiger partial charge in [-0.25, -0.2) is 4.98 Å². The van der Waals surface area contributed by atoms with E-state index in [9.17, 15) is 4.79 Å². The van der Waals surface area contributed by atoms with Crippen molar-refractivity contribution < 1.29 is 13.9 Å². The van der Waals surface area contributed by atoms with E-state index in [0.717, 1.165) is 42.9 Å². The predicted molar refractivity (Wildman–Crippen MR) is 126 cm³/mol. The maximum absolute atomic E-state index is 13.9. The van der Waals surface area contributed by atoms with Gasteiger partial charge < -0.3 is 14.5 Å². The van der Waals surface area contributed by atoms with E-state index in [2.05, 4.69) is 21.2 Å². The highest BCUT2D eigenvalue weighted by Crippen LogP contribution is 2.47. The van der Waals surface area contributed by atoms with Crippen LogP contribution in [0.1, 0.15) is 38.4 Å². The molecule has 5 rings (SSSR count). The van der Waals surface area contributed by atoms with Gasteiger partial charge in [0.2, 0.25) is 0 Å². The maximum Gasteiger partial charge on any atom is 0.272 e. The van der Waals surface area contributed by atoms with Crippen molar-refractivity contribution in [1.82, 2.24) is 4.98 Å². The van der Waals surface area contributed by atoms with Gasteiger partial charge in [-0.05, 0) is 53.5 Å². The molecule has 0 saturated heterocycles. The summed E-state index contributed by atoms with van der Waals surface area (Å²) in [6, 6.07) is 11.6. The summed E-state index contributed by atoms with van der Waals surface area (Å²) in [4.78, 5) is 21.8. The number of methoxy groups -OCH3 is 1. The summed E-state index contributed by atoms with van der Waals surface area (Å²) in [7, 11) is 1.66. The molecule has 1 aliphatic rings. The highest BCUT2D eigenvalue weighted by Gasteiger charge is 2.39. The fourth-order valence-electron chi connectivity index (χ4n) is 4.03. The quantitative estimate of drug-likeness (QED) is 0.364. The highest BCUT2D eigenvalue weighted by atomic mass is 79.9. The number of hydrogen-bond acceptors (Lipinski definition) is 6. The van der Waals surface area contributed by atoms with Crippen LogP contribution in [0.3, 0.4) is 0 Å². The number of anilines is 2. The number of aryl methyl sites for hydroxylation is 2. The van der Waals surface area contributed by atoms with Gasteiger partial charge in [0.05, 0.1) is 24.3 Å². The smallest absolute Gasteiger partial charge is 0.272 e. The molecule has 0 fully saturated rings. The third kappa shape index (κ3) is 3.17. The Morgan fingerprint density at radius 1 is 1.26 bits per heavy atom. The topological polar surface area (TPSA) is 67.6 Å². The first-order valence-electron chi connectivity index (χ1n) is 9.80. The number of nitrogens with one attached hydrogen (secondary N) is 1. The number of hydrogen-bond donors (Lipinski definition) is 1. The van der Waals surface area contributed by atoms with Gasteiger partial charge in [-0.3, -0.25) is 9.69 Å². The Labute approximate surface area is 192 Å². The monoisotopic (exact) mass is 497 g/mol. The molecule has 0 bridgehead atoms. The van der Waals surface area contributed by atoms with Gasteiger partial charge in [-0.15, -0.1) is 11.3 Å². The predicted octanol–water partition coefficient (Wildman–Crippen LogP) is 6.19. The molecule has 0 radical (unpaired) electrons. The van der Waals surface area contributed by atoms with E-state index in [0.29, 0.717) is 17.2 Å². The molecule has 1 atom stereocenters. The van der Waals surface area contributed by atoms with Crippen molar-refractivity contribution in [1.29, 1.82) is 0 Å². The molecule has 0 aliphatic carbocycles. The average Bonchev–Trinajstić information content (AvgIpc) is 3.40. The number of halogens is 1. The number of furan rings is 1. The van der Waals surface area contributed by atoms with Gasteiger partial charge >= 0.3 is 0 Å². The third-order valence-electron chi connectivity index (χ3n) is 5.47. The van der Waals surface area contributed by atoms with Crippen LogP contribution >= 0.6 is 27.3 Å². The molecule has 0 unspecified atom stereocenters. The van der Waals surface area contributed by atoms with Crippen LogP contribution < -0.4 is 10.2 Å². The molecule has 1 aromatic carbocycles. The van der Waals surface area contributed by atoms with Crippen molar-refractivity contribution in [3.8, 4) is 0 Å². The number of benzene rings is 1. The molecule has 31 heavy (non-hydrogen) atoms. The number of nitrogens with zero attached hydrogens (tertiary/aromatic N) is 2. The van der Waals surface area contributed by atoms with E-state index in [4.69, 9.17) is 14.1 Å². The molecule has 0 spiro atoms. The summed E-state index contributed by atoms with van der Waals surface area (Å²) >= 11 is 5.06. The number of thiophene rings is 1. The maximum atomic E-state index is 13.9. The minimum atomic E-state index is -0.482. The minimum Gasteiger partial charge on any atom is -0.465 e. The van der Waals surface area contributed by atoms with Gasteiger partial charge in [-0.1, -0.05) is 18.2 Å². The lowest BCUT2D eigenvalue weighted by atomic mass is 10.1. The Balaban J connectivity index is 1.77. The molecule has 8 heteroatoms. The summed E-state index contributed by atoms with van der Waals surface area (Å²) in [5, 5.41) is 4.49. The second kappa shape index (κ2) is 7.78. The number of amides is 1. The van der Waals surface area contributed by atoms with Crippen LogP contribution in [-0.2, 0) is 11.3 Å². The van der Waals surface area contributed by atoms with Crippen molar-refractivity contribution >= 4 is 54.8 Å². The molecule has 3 aromatic heterocycles. The van der Waals surface area contributed by atoms with Gasteiger partial charge in [0.15, 0.2) is 6.17 Å². The lowest BCUT2D eigenvalue weighted by Crippen LogP contribution is -2.42. The van der Waals surface area contributed by atoms with Gasteiger partial charge in [0, 0.05) is 28.2 Å². The van der Waals surface area contributed by atoms with E-state index < -0.39 is 6.17 Å². The van der Waals surface area contributed by atoms with Crippen molar-refractivity contribution in [3.05, 3.63) is 74.6 Å². The number of rotatable bonds is 4. The number of fused-ring (bicyclic) bond motifs is 3. The first kappa shape index (κ1) is 20.2. The molecule has 4 aromatic rings. The Morgan fingerprint density at radius 3 is 2.77 bits per heavy atom. The minimum absolute atomic E-state index is 0.0791. The molecule has 0 saturated carbocycles. The largest absolute Gasteiger partial charge is 0.465 e. The summed E-state index contributed by atoms with van der Waals surface area (Å²) in [5.74, 6) is 0.582. The number of para-hydroxylation sites is 1. The first-order valence-corrected chi connectivity index (χ1v) is 11.4. The highest BCUT2D eigenvalue weighted by molar-refractivity contribution is 9.10.